The van der Waals surface area contributed by atoms with Crippen LogP contribution in [0.25, 0.3) is 0 Å². The highest BCUT2D eigenvalue weighted by molar-refractivity contribution is 9.10. The maximum Gasteiger partial charge on any atom is 0.265 e. The van der Waals surface area contributed by atoms with E-state index in [2.05, 4.69) is 46.7 Å². The molecule has 1 N–H and O–H groups in total. The molecule has 1 unspecified atom stereocenters. The number of ether oxygens (including phenoxy) is 1. The Morgan fingerprint density at radius 3 is 2.20 bits per heavy atom. The van der Waals surface area contributed by atoms with Crippen LogP contribution in [0.15, 0.2) is 9.27 Å². The van der Waals surface area contributed by atoms with Gasteiger partial charge in [-0.3, -0.25) is 4.79 Å². The zero-order chi connectivity index (χ0) is 15.7. The zero-order valence-electron chi connectivity index (χ0n) is 13.4. The second-order valence-corrected chi connectivity index (χ2v) is 7.86. The minimum atomic E-state index is -0.241. The summed E-state index contributed by atoms with van der Waals surface area (Å²) in [5.74, 6) is 0.595. The molecular weight excluding hydrogens is 320 g/mol. The third kappa shape index (κ3) is 3.92. The molecule has 1 atom stereocenters. The van der Waals surface area contributed by atoms with Crippen molar-refractivity contribution in [1.82, 2.24) is 9.97 Å². The molecule has 0 aromatic carbocycles. The number of nitrogens with zero attached hydrogens (tertiary/aromatic N) is 1. The molecule has 114 valence electrons. The summed E-state index contributed by atoms with van der Waals surface area (Å²) in [6.45, 7) is 14.9. The van der Waals surface area contributed by atoms with Crippen LogP contribution in [-0.2, 0) is 10.2 Å². The Hall–Kier alpha value is -0.680. The highest BCUT2D eigenvalue weighted by Crippen LogP contribution is 2.35. The number of nitrogens with one attached hydrogen (secondary N) is 1. The molecule has 0 aliphatic rings. The van der Waals surface area contributed by atoms with Crippen LogP contribution in [-0.4, -0.2) is 16.6 Å². The maximum atomic E-state index is 12.1. The van der Waals surface area contributed by atoms with Crippen molar-refractivity contribution in [1.29, 1.82) is 0 Å². The lowest BCUT2D eigenvalue weighted by atomic mass is 9.87. The number of rotatable bonds is 3. The number of H-pyrrole nitrogens is 1. The van der Waals surface area contributed by atoms with Gasteiger partial charge < -0.3 is 9.72 Å². The van der Waals surface area contributed by atoms with E-state index in [4.69, 9.17) is 4.74 Å². The Morgan fingerprint density at radius 1 is 1.25 bits per heavy atom. The molecule has 5 heteroatoms. The Balaban J connectivity index is 3.46. The van der Waals surface area contributed by atoms with Crippen LogP contribution in [0, 0.1) is 5.41 Å². The van der Waals surface area contributed by atoms with Crippen LogP contribution >= 0.6 is 15.9 Å². The van der Waals surface area contributed by atoms with Gasteiger partial charge in [0.15, 0.2) is 0 Å². The van der Waals surface area contributed by atoms with Gasteiger partial charge in [0.1, 0.15) is 16.4 Å². The average molecular weight is 345 g/mol. The fraction of sp³-hybridized carbons (Fsp3) is 0.733. The quantitative estimate of drug-likeness (QED) is 0.902. The van der Waals surface area contributed by atoms with Crippen LogP contribution in [0.5, 0.6) is 0 Å². The van der Waals surface area contributed by atoms with Gasteiger partial charge in [-0.2, -0.15) is 0 Å². The van der Waals surface area contributed by atoms with Gasteiger partial charge in [-0.15, -0.1) is 0 Å². The lowest BCUT2D eigenvalue weighted by molar-refractivity contribution is -0.0195. The summed E-state index contributed by atoms with van der Waals surface area (Å²) in [5.41, 5.74) is 0.241. The molecular formula is C15H25BrN2O2. The number of aromatic amines is 1. The van der Waals surface area contributed by atoms with Crippen molar-refractivity contribution in [3.8, 4) is 0 Å². The van der Waals surface area contributed by atoms with Gasteiger partial charge in [-0.25, -0.2) is 4.98 Å². The minimum Gasteiger partial charge on any atom is -0.370 e. The molecule has 0 saturated carbocycles. The Morgan fingerprint density at radius 2 is 1.80 bits per heavy atom. The Labute approximate surface area is 129 Å². The molecule has 1 aromatic rings. The summed E-state index contributed by atoms with van der Waals surface area (Å²) < 4.78 is 6.31. The van der Waals surface area contributed by atoms with Gasteiger partial charge in [0.2, 0.25) is 0 Å². The topological polar surface area (TPSA) is 55.0 Å². The highest BCUT2D eigenvalue weighted by Gasteiger charge is 2.31. The lowest BCUT2D eigenvalue weighted by Gasteiger charge is -2.30. The second kappa shape index (κ2) is 5.98. The van der Waals surface area contributed by atoms with Gasteiger partial charge in [0.25, 0.3) is 5.56 Å². The van der Waals surface area contributed by atoms with Gasteiger partial charge in [-0.1, -0.05) is 41.5 Å². The molecule has 1 heterocycles. The Bertz CT molecular complexity index is 524. The summed E-state index contributed by atoms with van der Waals surface area (Å²) in [7, 11) is 0. The third-order valence-electron chi connectivity index (χ3n) is 2.96. The summed E-state index contributed by atoms with van der Waals surface area (Å²) in [6, 6.07) is 0. The molecule has 20 heavy (non-hydrogen) atoms. The maximum absolute atomic E-state index is 12.1. The van der Waals surface area contributed by atoms with Crippen LogP contribution in [0.2, 0.25) is 0 Å². The van der Waals surface area contributed by atoms with Crippen LogP contribution in [0.1, 0.15) is 66.1 Å². The highest BCUT2D eigenvalue weighted by atomic mass is 79.9. The third-order valence-corrected chi connectivity index (χ3v) is 3.70. The van der Waals surface area contributed by atoms with E-state index in [0.29, 0.717) is 16.9 Å². The number of aromatic nitrogens is 2. The van der Waals surface area contributed by atoms with E-state index in [-0.39, 0.29) is 22.5 Å². The van der Waals surface area contributed by atoms with E-state index in [1.807, 2.05) is 27.7 Å². The normalized spacial score (nSPS) is 14.4. The minimum absolute atomic E-state index is 0.144. The molecule has 0 amide bonds. The van der Waals surface area contributed by atoms with Crippen molar-refractivity contribution in [2.75, 3.05) is 6.61 Å². The van der Waals surface area contributed by atoms with Gasteiger partial charge >= 0.3 is 0 Å². The molecule has 0 bridgehead atoms. The first kappa shape index (κ1) is 17.4. The molecule has 4 nitrogen and oxygen atoms in total. The second-order valence-electron chi connectivity index (χ2n) is 7.07. The van der Waals surface area contributed by atoms with E-state index in [1.54, 1.807) is 0 Å². The average Bonchev–Trinajstić information content (AvgIpc) is 2.26. The molecule has 1 aromatic heterocycles. The fourth-order valence-corrected chi connectivity index (χ4v) is 2.79. The number of hydrogen-bond donors (Lipinski definition) is 1. The molecule has 0 spiro atoms. The van der Waals surface area contributed by atoms with E-state index in [0.717, 1.165) is 5.69 Å². The molecule has 0 fully saturated rings. The summed E-state index contributed by atoms with van der Waals surface area (Å²) in [6.07, 6.45) is -0.241. The number of hydrogen-bond acceptors (Lipinski definition) is 3. The molecule has 0 saturated heterocycles. The summed E-state index contributed by atoms with van der Waals surface area (Å²) >= 11 is 3.34. The fourth-order valence-electron chi connectivity index (χ4n) is 2.00. The van der Waals surface area contributed by atoms with Crippen LogP contribution in [0.4, 0.5) is 0 Å². The lowest BCUT2D eigenvalue weighted by Crippen LogP contribution is -2.29. The van der Waals surface area contributed by atoms with Crippen LogP contribution in [0.3, 0.4) is 0 Å². The first-order valence-corrected chi connectivity index (χ1v) is 7.69. The van der Waals surface area contributed by atoms with Gasteiger partial charge in [0, 0.05) is 12.0 Å². The largest absolute Gasteiger partial charge is 0.370 e. The smallest absolute Gasteiger partial charge is 0.265 e. The number of halogens is 1. The van der Waals surface area contributed by atoms with Crippen molar-refractivity contribution in [3.63, 3.8) is 0 Å². The van der Waals surface area contributed by atoms with Crippen molar-refractivity contribution < 1.29 is 4.74 Å². The predicted molar refractivity (Wildman–Crippen MR) is 85.1 cm³/mol. The van der Waals surface area contributed by atoms with Gasteiger partial charge in [-0.05, 0) is 28.3 Å². The molecule has 0 aliphatic heterocycles. The van der Waals surface area contributed by atoms with Crippen molar-refractivity contribution >= 4 is 15.9 Å². The zero-order valence-corrected chi connectivity index (χ0v) is 15.0. The van der Waals surface area contributed by atoms with Crippen molar-refractivity contribution in [2.45, 2.75) is 60.0 Å². The first-order valence-electron chi connectivity index (χ1n) is 6.90. The van der Waals surface area contributed by atoms with E-state index in [1.165, 1.54) is 0 Å². The molecule has 0 aliphatic carbocycles. The monoisotopic (exact) mass is 344 g/mol. The van der Waals surface area contributed by atoms with E-state index >= 15 is 0 Å². The SMILES string of the molecule is CCOC(c1nc(C(C)(C)C)c(Br)c(=O)[nH]1)C(C)(C)C. The van der Waals surface area contributed by atoms with E-state index in [9.17, 15) is 4.79 Å². The van der Waals surface area contributed by atoms with Crippen LogP contribution < -0.4 is 5.56 Å². The standard InChI is InChI=1S/C15H25BrN2O2/c1-8-20-11(15(5,6)7)12-17-10(14(2,3)4)9(16)13(19)18-12/h11H,8H2,1-7H3,(H,17,18,19). The molecule has 0 radical (unpaired) electrons. The van der Waals surface area contributed by atoms with Gasteiger partial charge in [0.05, 0.1) is 5.69 Å². The summed E-state index contributed by atoms with van der Waals surface area (Å²) in [5, 5.41) is 0. The summed E-state index contributed by atoms with van der Waals surface area (Å²) in [4.78, 5) is 19.6. The van der Waals surface area contributed by atoms with E-state index < -0.39 is 0 Å². The first-order chi connectivity index (χ1) is 8.98. The predicted octanol–water partition coefficient (Wildman–Crippen LogP) is 3.95. The van der Waals surface area contributed by atoms with Crippen molar-refractivity contribution in [2.24, 2.45) is 5.41 Å². The Kier molecular flexibility index (Phi) is 5.19. The molecule has 1 rings (SSSR count). The van der Waals surface area contributed by atoms with Crippen molar-refractivity contribution in [3.05, 3.63) is 26.3 Å².